The van der Waals surface area contributed by atoms with Crippen LogP contribution in [0.5, 0.6) is 0 Å². The van der Waals surface area contributed by atoms with Crippen LogP contribution in [0, 0.1) is 5.92 Å². The van der Waals surface area contributed by atoms with Gasteiger partial charge in [0.2, 0.25) is 0 Å². The minimum atomic E-state index is -0.403. The quantitative estimate of drug-likeness (QED) is 0.549. The number of aliphatic hydroxyl groups excluding tert-OH is 1. The van der Waals surface area contributed by atoms with Crippen LogP contribution in [0.3, 0.4) is 0 Å². The molecule has 1 N–H and O–H groups in total. The van der Waals surface area contributed by atoms with Crippen molar-refractivity contribution in [2.45, 2.75) is 84.0 Å². The van der Waals surface area contributed by atoms with Crippen molar-refractivity contribution in [1.29, 1.82) is 0 Å². The predicted octanol–water partition coefficient (Wildman–Crippen LogP) is 4.94. The van der Waals surface area contributed by atoms with Crippen LogP contribution in [0.15, 0.2) is 35.5 Å². The molecule has 0 radical (unpaired) electrons. The van der Waals surface area contributed by atoms with E-state index in [1.54, 1.807) is 0 Å². The first-order valence-electron chi connectivity index (χ1n) is 8.65. The van der Waals surface area contributed by atoms with Gasteiger partial charge in [0, 0.05) is 0 Å². The molecule has 1 aliphatic heterocycles. The fraction of sp³-hybridized carbons (Fsp3) is 0.700. The van der Waals surface area contributed by atoms with Crippen molar-refractivity contribution in [3.63, 3.8) is 0 Å². The Hall–Kier alpha value is -0.860. The minimum absolute atomic E-state index is 0.205. The molecule has 1 aliphatic carbocycles. The average Bonchev–Trinajstić information content (AvgIpc) is 3.12. The Morgan fingerprint density at radius 3 is 2.64 bits per heavy atom. The Bertz CT molecular complexity index is 474. The SMILES string of the molecule is C=C(C)[C@H]1C/C=C(\C)CC/C=C(\C)CC[C@H]2O[C@@]2(C)[C@@H](O)C1. The van der Waals surface area contributed by atoms with Crippen LogP contribution < -0.4 is 0 Å². The fourth-order valence-corrected chi connectivity index (χ4v) is 3.37. The fourth-order valence-electron chi connectivity index (χ4n) is 3.37. The van der Waals surface area contributed by atoms with Gasteiger partial charge in [-0.15, -0.1) is 0 Å². The number of hydrogen-bond acceptors (Lipinski definition) is 2. The van der Waals surface area contributed by atoms with Crippen molar-refractivity contribution in [3.05, 3.63) is 35.5 Å². The van der Waals surface area contributed by atoms with Gasteiger partial charge in [-0.25, -0.2) is 0 Å². The third-order valence-corrected chi connectivity index (χ3v) is 5.43. The second-order valence-corrected chi connectivity index (χ2v) is 7.50. The third kappa shape index (κ3) is 4.33. The van der Waals surface area contributed by atoms with Crippen molar-refractivity contribution >= 4 is 0 Å². The summed E-state index contributed by atoms with van der Waals surface area (Å²) in [5, 5.41) is 10.6. The van der Waals surface area contributed by atoms with Crippen molar-refractivity contribution in [2.24, 2.45) is 5.92 Å². The van der Waals surface area contributed by atoms with Gasteiger partial charge in [0.05, 0.1) is 12.2 Å². The number of ether oxygens (including phenoxy) is 1. The molecule has 0 aromatic heterocycles. The lowest BCUT2D eigenvalue weighted by Gasteiger charge is -2.23. The smallest absolute Gasteiger partial charge is 0.118 e. The summed E-state index contributed by atoms with van der Waals surface area (Å²) in [7, 11) is 0. The molecule has 2 heteroatoms. The first-order valence-corrected chi connectivity index (χ1v) is 8.65. The summed E-state index contributed by atoms with van der Waals surface area (Å²) in [4.78, 5) is 0. The van der Waals surface area contributed by atoms with Gasteiger partial charge >= 0.3 is 0 Å². The zero-order valence-electron chi connectivity index (χ0n) is 14.7. The van der Waals surface area contributed by atoms with Gasteiger partial charge in [0.1, 0.15) is 5.60 Å². The van der Waals surface area contributed by atoms with Gasteiger partial charge in [0.15, 0.2) is 0 Å². The monoisotopic (exact) mass is 304 g/mol. The van der Waals surface area contributed by atoms with Crippen molar-refractivity contribution in [2.75, 3.05) is 0 Å². The molecule has 0 spiro atoms. The minimum Gasteiger partial charge on any atom is -0.390 e. The van der Waals surface area contributed by atoms with Crippen molar-refractivity contribution in [1.82, 2.24) is 0 Å². The molecular weight excluding hydrogens is 272 g/mol. The summed E-state index contributed by atoms with van der Waals surface area (Å²) in [6.45, 7) is 12.7. The van der Waals surface area contributed by atoms with Gasteiger partial charge in [-0.05, 0) is 72.1 Å². The van der Waals surface area contributed by atoms with E-state index in [0.29, 0.717) is 5.92 Å². The van der Waals surface area contributed by atoms with E-state index >= 15 is 0 Å². The standard InChI is InChI=1S/C20H32O2/c1-14(2)17-11-9-15(3)7-6-8-16(4)10-12-19-20(5,22-19)18(21)13-17/h8-9,17-19,21H,1,6-7,10-13H2,2-5H3/b15-9+,16-8+/t17-,18-,19+,20-/m0/s1. The van der Waals surface area contributed by atoms with E-state index in [4.69, 9.17) is 4.74 Å². The van der Waals surface area contributed by atoms with Crippen LogP contribution in [-0.4, -0.2) is 22.9 Å². The summed E-state index contributed by atoms with van der Waals surface area (Å²) in [6, 6.07) is 0. The molecule has 2 aliphatic rings. The maximum Gasteiger partial charge on any atom is 0.118 e. The number of allylic oxidation sites excluding steroid dienone is 5. The van der Waals surface area contributed by atoms with Crippen LogP contribution in [-0.2, 0) is 4.74 Å². The molecule has 0 saturated carbocycles. The molecule has 2 nitrogen and oxygen atoms in total. The largest absolute Gasteiger partial charge is 0.390 e. The number of fused-ring (bicyclic) bond motifs is 1. The van der Waals surface area contributed by atoms with E-state index in [1.807, 2.05) is 0 Å². The van der Waals surface area contributed by atoms with E-state index < -0.39 is 6.10 Å². The number of epoxide rings is 1. The zero-order valence-corrected chi connectivity index (χ0v) is 14.7. The Morgan fingerprint density at radius 2 is 1.95 bits per heavy atom. The van der Waals surface area contributed by atoms with E-state index in [9.17, 15) is 5.11 Å². The van der Waals surface area contributed by atoms with Crippen LogP contribution in [0.4, 0.5) is 0 Å². The summed E-state index contributed by atoms with van der Waals surface area (Å²) >= 11 is 0. The first-order chi connectivity index (χ1) is 10.3. The summed E-state index contributed by atoms with van der Waals surface area (Å²) in [5.74, 6) is 0.340. The number of aliphatic hydroxyl groups is 1. The highest BCUT2D eigenvalue weighted by Crippen LogP contribution is 2.45. The molecule has 1 saturated heterocycles. The number of rotatable bonds is 1. The molecular formula is C20H32O2. The molecule has 0 amide bonds. The highest BCUT2D eigenvalue weighted by atomic mass is 16.6. The van der Waals surface area contributed by atoms with Crippen LogP contribution in [0.25, 0.3) is 0 Å². The van der Waals surface area contributed by atoms with Gasteiger partial charge in [0.25, 0.3) is 0 Å². The molecule has 0 unspecified atom stereocenters. The molecule has 1 heterocycles. The lowest BCUT2D eigenvalue weighted by molar-refractivity contribution is 0.0672. The van der Waals surface area contributed by atoms with Gasteiger partial charge in [-0.3, -0.25) is 0 Å². The molecule has 0 aromatic rings. The van der Waals surface area contributed by atoms with Gasteiger partial charge in [-0.2, -0.15) is 0 Å². The molecule has 1 fully saturated rings. The molecule has 124 valence electrons. The highest BCUT2D eigenvalue weighted by molar-refractivity contribution is 5.12. The average molecular weight is 304 g/mol. The maximum atomic E-state index is 10.6. The maximum absolute atomic E-state index is 10.6. The van der Waals surface area contributed by atoms with E-state index in [2.05, 4.69) is 46.4 Å². The van der Waals surface area contributed by atoms with E-state index in [0.717, 1.165) is 44.1 Å². The summed E-state index contributed by atoms with van der Waals surface area (Å²) in [6.07, 6.45) is 10.5. The molecule has 2 rings (SSSR count). The molecule has 4 atom stereocenters. The van der Waals surface area contributed by atoms with Gasteiger partial charge in [-0.1, -0.05) is 35.5 Å². The Kier molecular flexibility index (Phi) is 5.68. The second kappa shape index (κ2) is 7.14. The van der Waals surface area contributed by atoms with Crippen LogP contribution >= 0.6 is 0 Å². The highest BCUT2D eigenvalue weighted by Gasteiger charge is 2.56. The Labute approximate surface area is 136 Å². The topological polar surface area (TPSA) is 32.8 Å². The Morgan fingerprint density at radius 1 is 1.27 bits per heavy atom. The van der Waals surface area contributed by atoms with Gasteiger partial charge < -0.3 is 9.84 Å². The molecule has 0 aromatic carbocycles. The normalized spacial score (nSPS) is 42.1. The molecule has 0 bridgehead atoms. The lowest BCUT2D eigenvalue weighted by atomic mass is 9.85. The first kappa shape index (κ1) is 17.5. The Balaban J connectivity index is 2.13. The van der Waals surface area contributed by atoms with Crippen LogP contribution in [0.2, 0.25) is 0 Å². The lowest BCUT2D eigenvalue weighted by Crippen LogP contribution is -2.31. The van der Waals surface area contributed by atoms with Crippen LogP contribution in [0.1, 0.15) is 66.2 Å². The van der Waals surface area contributed by atoms with E-state index in [-0.39, 0.29) is 11.7 Å². The third-order valence-electron chi connectivity index (χ3n) is 5.43. The second-order valence-electron chi connectivity index (χ2n) is 7.50. The van der Waals surface area contributed by atoms with Crippen molar-refractivity contribution in [3.8, 4) is 0 Å². The predicted molar refractivity (Wildman–Crippen MR) is 92.8 cm³/mol. The number of hydrogen-bond donors (Lipinski definition) is 1. The van der Waals surface area contributed by atoms with Crippen molar-refractivity contribution < 1.29 is 9.84 Å². The zero-order chi connectivity index (χ0) is 16.3. The summed E-state index contributed by atoms with van der Waals surface area (Å²) in [5.41, 5.74) is 3.69. The van der Waals surface area contributed by atoms with E-state index in [1.165, 1.54) is 11.1 Å². The molecule has 22 heavy (non-hydrogen) atoms. The summed E-state index contributed by atoms with van der Waals surface area (Å²) < 4.78 is 5.87.